The van der Waals surface area contributed by atoms with Gasteiger partial charge in [-0.1, -0.05) is 30.3 Å². The summed E-state index contributed by atoms with van der Waals surface area (Å²) < 4.78 is 0. The Morgan fingerprint density at radius 3 is 2.59 bits per heavy atom. The number of H-pyrrole nitrogens is 1. The summed E-state index contributed by atoms with van der Waals surface area (Å²) >= 11 is 0. The zero-order valence-corrected chi connectivity index (χ0v) is 18.7. The van der Waals surface area contributed by atoms with Crippen molar-refractivity contribution in [2.75, 3.05) is 31.1 Å². The summed E-state index contributed by atoms with van der Waals surface area (Å²) in [6.45, 7) is 8.00. The number of imidazole rings is 1. The summed E-state index contributed by atoms with van der Waals surface area (Å²) in [7, 11) is 0. The Morgan fingerprint density at radius 1 is 1.09 bits per heavy atom. The average molecular weight is 431 g/mol. The van der Waals surface area contributed by atoms with Crippen molar-refractivity contribution in [2.45, 2.75) is 38.9 Å². The molecule has 2 atom stereocenters. The number of pyridine rings is 1. The molecule has 0 aliphatic carbocycles. The van der Waals surface area contributed by atoms with E-state index in [1.165, 1.54) is 0 Å². The molecule has 0 saturated carbocycles. The Kier molecular flexibility index (Phi) is 5.66. The number of nitrogens with zero attached hydrogens (tertiary/aromatic N) is 5. The third kappa shape index (κ3) is 4.12. The van der Waals surface area contributed by atoms with E-state index in [2.05, 4.69) is 51.8 Å². The topological polar surface area (TPSA) is 68.4 Å². The number of fused-ring (bicyclic) bond motifs is 1. The van der Waals surface area contributed by atoms with Gasteiger partial charge in [-0.15, -0.1) is 0 Å². The molecule has 1 aromatic carbocycles. The molecular weight excluding hydrogens is 400 g/mol. The molecule has 4 heterocycles. The molecule has 5 rings (SSSR count). The van der Waals surface area contributed by atoms with Crippen molar-refractivity contribution in [3.05, 3.63) is 66.2 Å². The monoisotopic (exact) mass is 430 g/mol. The first-order valence-electron chi connectivity index (χ1n) is 11.4. The molecule has 166 valence electrons. The summed E-state index contributed by atoms with van der Waals surface area (Å²) in [4.78, 5) is 32.4. The van der Waals surface area contributed by atoms with Crippen molar-refractivity contribution in [3.63, 3.8) is 0 Å². The maximum absolute atomic E-state index is 13.2. The van der Waals surface area contributed by atoms with E-state index >= 15 is 0 Å². The van der Waals surface area contributed by atoms with Gasteiger partial charge in [-0.25, -0.2) is 4.98 Å². The number of carbonyl (C=O) groups is 1. The van der Waals surface area contributed by atoms with E-state index in [0.29, 0.717) is 25.2 Å². The number of hydrogen-bond donors (Lipinski definition) is 1. The van der Waals surface area contributed by atoms with Gasteiger partial charge in [-0.2, -0.15) is 0 Å². The number of rotatable bonds is 4. The molecule has 32 heavy (non-hydrogen) atoms. The van der Waals surface area contributed by atoms with Gasteiger partial charge in [-0.3, -0.25) is 14.7 Å². The Morgan fingerprint density at radius 2 is 1.88 bits per heavy atom. The van der Waals surface area contributed by atoms with E-state index in [4.69, 9.17) is 4.98 Å². The van der Waals surface area contributed by atoms with E-state index in [-0.39, 0.29) is 5.91 Å². The van der Waals surface area contributed by atoms with Crippen molar-refractivity contribution in [2.24, 2.45) is 0 Å². The summed E-state index contributed by atoms with van der Waals surface area (Å²) in [5.41, 5.74) is 4.37. The molecule has 2 aliphatic rings. The SMILES string of the molecule is C[C@@H]1CN(c2cccnc2)C[C@H](C)N1CC(=O)N1CCc2nc(-c3ccccc3)[nH]c2C1. The van der Waals surface area contributed by atoms with Gasteiger partial charge in [-0.05, 0) is 26.0 Å². The Balaban J connectivity index is 1.23. The van der Waals surface area contributed by atoms with Crippen LogP contribution in [0.5, 0.6) is 0 Å². The standard InChI is InChI=1S/C25H30N6O/c1-18-14-30(21-9-6-11-26-13-21)15-19(2)31(18)17-24(32)29-12-10-22-23(16-29)28-25(27-22)20-7-4-3-5-8-20/h3-9,11,13,18-19H,10,12,14-17H2,1-2H3,(H,27,28)/t18-,19+. The molecule has 7 heteroatoms. The van der Waals surface area contributed by atoms with Crippen LogP contribution in [0.3, 0.4) is 0 Å². The molecule has 3 aromatic rings. The van der Waals surface area contributed by atoms with Crippen LogP contribution in [0.25, 0.3) is 11.4 Å². The van der Waals surface area contributed by atoms with E-state index in [1.54, 1.807) is 6.20 Å². The normalized spacial score (nSPS) is 21.4. The minimum Gasteiger partial charge on any atom is -0.367 e. The highest BCUT2D eigenvalue weighted by molar-refractivity contribution is 5.78. The molecule has 2 aliphatic heterocycles. The number of hydrogen-bond acceptors (Lipinski definition) is 5. The summed E-state index contributed by atoms with van der Waals surface area (Å²) in [5, 5.41) is 0. The van der Waals surface area contributed by atoms with Gasteiger partial charge in [0.25, 0.3) is 0 Å². The van der Waals surface area contributed by atoms with Crippen LogP contribution in [0.1, 0.15) is 25.2 Å². The fourth-order valence-electron chi connectivity index (χ4n) is 4.92. The molecule has 7 nitrogen and oxygen atoms in total. The lowest BCUT2D eigenvalue weighted by Crippen LogP contribution is -2.59. The summed E-state index contributed by atoms with van der Waals surface area (Å²) in [6.07, 6.45) is 4.52. The smallest absolute Gasteiger partial charge is 0.237 e. The zero-order valence-electron chi connectivity index (χ0n) is 18.7. The van der Waals surface area contributed by atoms with Crippen LogP contribution in [-0.2, 0) is 17.8 Å². The summed E-state index contributed by atoms with van der Waals surface area (Å²) in [6, 6.07) is 14.8. The largest absolute Gasteiger partial charge is 0.367 e. The molecule has 0 spiro atoms. The highest BCUT2D eigenvalue weighted by Gasteiger charge is 2.33. The minimum atomic E-state index is 0.194. The lowest BCUT2D eigenvalue weighted by atomic mass is 10.1. The lowest BCUT2D eigenvalue weighted by Gasteiger charge is -2.45. The van der Waals surface area contributed by atoms with Crippen molar-refractivity contribution in [3.8, 4) is 11.4 Å². The fourth-order valence-corrected chi connectivity index (χ4v) is 4.92. The number of nitrogens with one attached hydrogen (secondary N) is 1. The second kappa shape index (κ2) is 8.74. The third-order valence-corrected chi connectivity index (χ3v) is 6.66. The average Bonchev–Trinajstić information content (AvgIpc) is 3.26. The number of anilines is 1. The van der Waals surface area contributed by atoms with Crippen LogP contribution < -0.4 is 4.90 Å². The molecule has 1 fully saturated rings. The number of amides is 1. The van der Waals surface area contributed by atoms with Gasteiger partial charge in [0.1, 0.15) is 5.82 Å². The predicted molar refractivity (Wildman–Crippen MR) is 125 cm³/mol. The van der Waals surface area contributed by atoms with E-state index in [9.17, 15) is 4.79 Å². The molecule has 1 N–H and O–H groups in total. The maximum atomic E-state index is 13.2. The van der Waals surface area contributed by atoms with Crippen LogP contribution in [-0.4, -0.2) is 68.9 Å². The molecule has 0 radical (unpaired) electrons. The molecule has 1 amide bonds. The number of piperazine rings is 1. The van der Waals surface area contributed by atoms with Crippen molar-refractivity contribution >= 4 is 11.6 Å². The first-order valence-corrected chi connectivity index (χ1v) is 11.4. The van der Waals surface area contributed by atoms with Crippen molar-refractivity contribution < 1.29 is 4.79 Å². The predicted octanol–water partition coefficient (Wildman–Crippen LogP) is 2.96. The van der Waals surface area contributed by atoms with E-state index in [1.807, 2.05) is 35.4 Å². The first-order chi connectivity index (χ1) is 15.6. The maximum Gasteiger partial charge on any atom is 0.237 e. The van der Waals surface area contributed by atoms with Crippen LogP contribution in [0.15, 0.2) is 54.9 Å². The Labute approximate surface area is 189 Å². The second-order valence-corrected chi connectivity index (χ2v) is 8.93. The molecule has 0 unspecified atom stereocenters. The van der Waals surface area contributed by atoms with Gasteiger partial charge < -0.3 is 14.8 Å². The highest BCUT2D eigenvalue weighted by Crippen LogP contribution is 2.24. The third-order valence-electron chi connectivity index (χ3n) is 6.66. The molecule has 0 bridgehead atoms. The van der Waals surface area contributed by atoms with Gasteiger partial charge in [0.15, 0.2) is 0 Å². The molecular formula is C25H30N6O. The summed E-state index contributed by atoms with van der Waals surface area (Å²) in [5.74, 6) is 1.08. The van der Waals surface area contributed by atoms with Crippen LogP contribution in [0.4, 0.5) is 5.69 Å². The van der Waals surface area contributed by atoms with Gasteiger partial charge in [0.05, 0.1) is 36.4 Å². The number of aromatic nitrogens is 3. The number of carbonyl (C=O) groups excluding carboxylic acids is 1. The quantitative estimate of drug-likeness (QED) is 0.689. The van der Waals surface area contributed by atoms with Crippen LogP contribution in [0.2, 0.25) is 0 Å². The molecule has 1 saturated heterocycles. The van der Waals surface area contributed by atoms with Crippen molar-refractivity contribution in [1.29, 1.82) is 0 Å². The lowest BCUT2D eigenvalue weighted by molar-refractivity contribution is -0.134. The zero-order chi connectivity index (χ0) is 22.1. The van der Waals surface area contributed by atoms with E-state index < -0.39 is 0 Å². The van der Waals surface area contributed by atoms with E-state index in [0.717, 1.165) is 54.5 Å². The van der Waals surface area contributed by atoms with Crippen LogP contribution >= 0.6 is 0 Å². The van der Waals surface area contributed by atoms with Crippen LogP contribution in [0, 0.1) is 0 Å². The minimum absolute atomic E-state index is 0.194. The molecule has 2 aromatic heterocycles. The first kappa shape index (κ1) is 20.7. The Hall–Kier alpha value is -3.19. The second-order valence-electron chi connectivity index (χ2n) is 8.93. The Bertz CT molecular complexity index is 1050. The number of aromatic amines is 1. The van der Waals surface area contributed by atoms with Gasteiger partial charge in [0, 0.05) is 49.9 Å². The van der Waals surface area contributed by atoms with Gasteiger partial charge >= 0.3 is 0 Å². The van der Waals surface area contributed by atoms with Gasteiger partial charge in [0.2, 0.25) is 5.91 Å². The highest BCUT2D eigenvalue weighted by atomic mass is 16.2. The fraction of sp³-hybridized carbons (Fsp3) is 0.400. The number of benzene rings is 1. The van der Waals surface area contributed by atoms with Crippen molar-refractivity contribution in [1.82, 2.24) is 24.8 Å².